The van der Waals surface area contributed by atoms with Crippen molar-refractivity contribution in [2.75, 3.05) is 25.0 Å². The number of nitrogens with one attached hydrogen (secondary N) is 1. The van der Waals surface area contributed by atoms with Gasteiger partial charge in [0.15, 0.2) is 5.65 Å². The zero-order valence-electron chi connectivity index (χ0n) is 21.6. The van der Waals surface area contributed by atoms with Gasteiger partial charge in [-0.15, -0.1) is 0 Å². The van der Waals surface area contributed by atoms with Crippen molar-refractivity contribution in [2.24, 2.45) is 5.92 Å². The molecule has 0 spiro atoms. The standard InChI is InChI=1S/C27H30BrN5O.C2H6/c1-18-9-10-21(19(2)12-18)17-32-11-5-6-20(16-32)14-29-26-13-24(22-7-3-4-8-25(22)34)31-27-23(28)15-30-33(26)27;1-2/h3-4,7-10,12-13,15,20,29,34H,5-6,11,14,16-17H2,1-2H3;1-2H3. The van der Waals surface area contributed by atoms with Crippen LogP contribution in [0.25, 0.3) is 16.9 Å². The lowest BCUT2D eigenvalue weighted by Gasteiger charge is -2.33. The van der Waals surface area contributed by atoms with Crippen molar-refractivity contribution < 1.29 is 5.11 Å². The number of fused-ring (bicyclic) bond motifs is 1. The van der Waals surface area contributed by atoms with Crippen molar-refractivity contribution in [3.63, 3.8) is 0 Å². The number of phenolic OH excluding ortho intramolecular Hbond substituents is 1. The number of rotatable bonds is 6. The largest absolute Gasteiger partial charge is 0.507 e. The second kappa shape index (κ2) is 11.9. The van der Waals surface area contributed by atoms with E-state index in [-0.39, 0.29) is 5.75 Å². The van der Waals surface area contributed by atoms with Crippen LogP contribution in [0.5, 0.6) is 5.75 Å². The summed E-state index contributed by atoms with van der Waals surface area (Å²) in [5.74, 6) is 1.64. The van der Waals surface area contributed by atoms with Crippen LogP contribution >= 0.6 is 15.9 Å². The Morgan fingerprint density at radius 2 is 1.92 bits per heavy atom. The molecule has 0 radical (unpaired) electrons. The minimum atomic E-state index is 0.218. The monoisotopic (exact) mass is 549 g/mol. The van der Waals surface area contributed by atoms with E-state index in [1.165, 1.54) is 29.5 Å². The number of aromatic nitrogens is 3. The van der Waals surface area contributed by atoms with Crippen LogP contribution in [0.3, 0.4) is 0 Å². The summed E-state index contributed by atoms with van der Waals surface area (Å²) < 4.78 is 2.65. The van der Waals surface area contributed by atoms with E-state index in [0.717, 1.165) is 47.8 Å². The third kappa shape index (κ3) is 5.90. The Bertz CT molecular complexity index is 1320. The first-order valence-electron chi connectivity index (χ1n) is 12.8. The van der Waals surface area contributed by atoms with Crippen LogP contribution in [0.15, 0.2) is 59.2 Å². The summed E-state index contributed by atoms with van der Waals surface area (Å²) in [4.78, 5) is 7.32. The Morgan fingerprint density at radius 3 is 2.69 bits per heavy atom. The summed E-state index contributed by atoms with van der Waals surface area (Å²) >= 11 is 3.56. The van der Waals surface area contributed by atoms with Crippen molar-refractivity contribution in [1.29, 1.82) is 0 Å². The zero-order valence-corrected chi connectivity index (χ0v) is 23.2. The minimum Gasteiger partial charge on any atom is -0.507 e. The second-order valence-corrected chi connectivity index (χ2v) is 10.2. The van der Waals surface area contributed by atoms with Gasteiger partial charge in [-0.1, -0.05) is 49.7 Å². The van der Waals surface area contributed by atoms with Crippen molar-refractivity contribution in [1.82, 2.24) is 19.5 Å². The Hall–Kier alpha value is -2.90. The second-order valence-electron chi connectivity index (χ2n) is 9.33. The van der Waals surface area contributed by atoms with Crippen molar-refractivity contribution in [3.05, 3.63) is 75.9 Å². The van der Waals surface area contributed by atoms with Crippen LogP contribution in [-0.4, -0.2) is 44.2 Å². The number of nitrogens with zero attached hydrogens (tertiary/aromatic N) is 4. The predicted molar refractivity (Wildman–Crippen MR) is 152 cm³/mol. The van der Waals surface area contributed by atoms with Gasteiger partial charge in [0.2, 0.25) is 0 Å². The molecule has 2 N–H and O–H groups in total. The molecule has 4 aromatic rings. The molecule has 0 saturated carbocycles. The van der Waals surface area contributed by atoms with Crippen LogP contribution in [0.1, 0.15) is 43.4 Å². The maximum atomic E-state index is 10.4. The van der Waals surface area contributed by atoms with Gasteiger partial charge in [0.25, 0.3) is 0 Å². The quantitative estimate of drug-likeness (QED) is 0.276. The molecule has 36 heavy (non-hydrogen) atoms. The van der Waals surface area contributed by atoms with E-state index < -0.39 is 0 Å². The summed E-state index contributed by atoms with van der Waals surface area (Å²) in [7, 11) is 0. The zero-order chi connectivity index (χ0) is 25.7. The molecular weight excluding hydrogens is 514 g/mol. The van der Waals surface area contributed by atoms with Crippen LogP contribution < -0.4 is 5.32 Å². The summed E-state index contributed by atoms with van der Waals surface area (Å²) in [6.45, 7) is 12.4. The number of piperidine rings is 1. The molecule has 3 heterocycles. The first-order chi connectivity index (χ1) is 17.5. The van der Waals surface area contributed by atoms with Gasteiger partial charge in [-0.05, 0) is 78.3 Å². The Kier molecular flexibility index (Phi) is 8.64. The molecule has 190 valence electrons. The van der Waals surface area contributed by atoms with Gasteiger partial charge in [-0.3, -0.25) is 4.90 Å². The van der Waals surface area contributed by atoms with Crippen molar-refractivity contribution >= 4 is 27.4 Å². The molecule has 0 bridgehead atoms. The molecule has 0 amide bonds. The molecule has 2 aromatic carbocycles. The van der Waals surface area contributed by atoms with E-state index in [0.29, 0.717) is 11.5 Å². The molecule has 1 atom stereocenters. The number of benzene rings is 2. The fraction of sp³-hybridized carbons (Fsp3) is 0.379. The number of phenols is 1. The van der Waals surface area contributed by atoms with Crippen LogP contribution in [-0.2, 0) is 6.54 Å². The molecule has 1 unspecified atom stereocenters. The molecule has 7 heteroatoms. The van der Waals surface area contributed by atoms with Crippen LogP contribution in [0.4, 0.5) is 5.82 Å². The Morgan fingerprint density at radius 1 is 1.11 bits per heavy atom. The highest BCUT2D eigenvalue weighted by atomic mass is 79.9. The number of anilines is 1. The molecule has 1 fully saturated rings. The summed E-state index contributed by atoms with van der Waals surface area (Å²) in [5.41, 5.74) is 6.26. The average molecular weight is 551 g/mol. The Balaban J connectivity index is 0.00000148. The molecule has 6 nitrogen and oxygen atoms in total. The van der Waals surface area contributed by atoms with Gasteiger partial charge in [0.1, 0.15) is 11.6 Å². The number of para-hydroxylation sites is 1. The molecular formula is C29H36BrN5O. The number of aryl methyl sites for hydroxylation is 2. The van der Waals surface area contributed by atoms with Gasteiger partial charge in [-0.2, -0.15) is 9.61 Å². The molecule has 2 aromatic heterocycles. The smallest absolute Gasteiger partial charge is 0.172 e. The first kappa shape index (κ1) is 26.2. The predicted octanol–water partition coefficient (Wildman–Crippen LogP) is 6.83. The maximum Gasteiger partial charge on any atom is 0.172 e. The third-order valence-corrected chi connectivity index (χ3v) is 7.24. The van der Waals surface area contributed by atoms with Gasteiger partial charge in [0.05, 0.1) is 16.4 Å². The van der Waals surface area contributed by atoms with Gasteiger partial charge >= 0.3 is 0 Å². The van der Waals surface area contributed by atoms with Gasteiger partial charge < -0.3 is 10.4 Å². The fourth-order valence-electron chi connectivity index (χ4n) is 4.86. The summed E-state index contributed by atoms with van der Waals surface area (Å²) in [5, 5.41) is 18.5. The topological polar surface area (TPSA) is 65.7 Å². The van der Waals surface area contributed by atoms with Gasteiger partial charge in [0, 0.05) is 31.3 Å². The number of hydrogen-bond acceptors (Lipinski definition) is 5. The lowest BCUT2D eigenvalue weighted by Crippen LogP contribution is -2.37. The SMILES string of the molecule is CC.Cc1ccc(CN2CCCC(CNc3cc(-c4ccccc4O)nc4c(Br)cnn34)C2)c(C)c1. The van der Waals surface area contributed by atoms with Gasteiger partial charge in [-0.25, -0.2) is 4.98 Å². The van der Waals surface area contributed by atoms with E-state index >= 15 is 0 Å². The normalized spacial score (nSPS) is 16.0. The molecule has 5 rings (SSSR count). The van der Waals surface area contributed by atoms with Crippen molar-refractivity contribution in [3.8, 4) is 17.0 Å². The van der Waals surface area contributed by atoms with E-state index in [1.54, 1.807) is 12.3 Å². The highest BCUT2D eigenvalue weighted by Gasteiger charge is 2.21. The summed E-state index contributed by atoms with van der Waals surface area (Å²) in [6, 6.07) is 16.0. The van der Waals surface area contributed by atoms with E-state index in [1.807, 2.05) is 42.6 Å². The Labute approximate surface area is 222 Å². The average Bonchev–Trinajstić information content (AvgIpc) is 3.27. The molecule has 1 aliphatic rings. The van der Waals surface area contributed by atoms with E-state index in [2.05, 4.69) is 63.3 Å². The van der Waals surface area contributed by atoms with Crippen LogP contribution in [0, 0.1) is 19.8 Å². The van der Waals surface area contributed by atoms with Crippen molar-refractivity contribution in [2.45, 2.75) is 47.1 Å². The van der Waals surface area contributed by atoms with E-state index in [9.17, 15) is 5.11 Å². The lowest BCUT2D eigenvalue weighted by atomic mass is 9.96. The fourth-order valence-corrected chi connectivity index (χ4v) is 5.21. The summed E-state index contributed by atoms with van der Waals surface area (Å²) in [6.07, 6.45) is 4.17. The molecule has 0 aliphatic carbocycles. The first-order valence-corrected chi connectivity index (χ1v) is 13.6. The number of halogens is 1. The highest BCUT2D eigenvalue weighted by Crippen LogP contribution is 2.31. The van der Waals surface area contributed by atoms with E-state index in [4.69, 9.17) is 4.98 Å². The van der Waals surface area contributed by atoms with Crippen LogP contribution in [0.2, 0.25) is 0 Å². The third-order valence-electron chi connectivity index (χ3n) is 6.68. The number of hydrogen-bond donors (Lipinski definition) is 2. The number of likely N-dealkylation sites (tertiary alicyclic amines) is 1. The maximum absolute atomic E-state index is 10.4. The lowest BCUT2D eigenvalue weighted by molar-refractivity contribution is 0.173. The number of aromatic hydroxyl groups is 1. The molecule has 1 aliphatic heterocycles. The molecule has 1 saturated heterocycles. The minimum absolute atomic E-state index is 0.218. The highest BCUT2D eigenvalue weighted by molar-refractivity contribution is 9.10.